The van der Waals surface area contributed by atoms with Crippen LogP contribution in [0.5, 0.6) is 11.5 Å². The molecule has 0 aliphatic heterocycles. The Bertz CT molecular complexity index is 1050. The zero-order chi connectivity index (χ0) is 20.8. The minimum absolute atomic E-state index is 0.143. The summed E-state index contributed by atoms with van der Waals surface area (Å²) in [4.78, 5) is 24.6. The van der Waals surface area contributed by atoms with E-state index in [4.69, 9.17) is 21.1 Å². The predicted octanol–water partition coefficient (Wildman–Crippen LogP) is 5.60. The molecule has 3 rings (SSSR count). The molecule has 0 heterocycles. The van der Waals surface area contributed by atoms with E-state index < -0.39 is 11.8 Å². The van der Waals surface area contributed by atoms with Crippen molar-refractivity contribution in [2.45, 2.75) is 0 Å². The molecule has 3 aromatic rings. The first-order valence-electron chi connectivity index (χ1n) is 8.61. The number of methoxy groups -OCH3 is 1. The number of hydrogen-bond acceptors (Lipinski definition) is 4. The number of halogens is 2. The highest BCUT2D eigenvalue weighted by molar-refractivity contribution is 6.32. The standard InChI is InChI=1S/C23H16ClFO4/c1-28-22-8-3-2-5-18(22)23(27)29-16-11-9-15(10-12-16)21(26)14-13-17-19(24)6-4-7-20(17)25/h2-14H,1H3. The first-order valence-corrected chi connectivity index (χ1v) is 8.99. The van der Waals surface area contributed by atoms with Gasteiger partial charge in [-0.3, -0.25) is 4.79 Å². The number of carbonyl (C=O) groups excluding carboxylic acids is 2. The van der Waals surface area contributed by atoms with Crippen LogP contribution in [0, 0.1) is 5.82 Å². The lowest BCUT2D eigenvalue weighted by Gasteiger charge is -2.08. The molecule has 4 nitrogen and oxygen atoms in total. The molecule has 29 heavy (non-hydrogen) atoms. The molecule has 6 heteroatoms. The van der Waals surface area contributed by atoms with Gasteiger partial charge in [0.05, 0.1) is 12.1 Å². The van der Waals surface area contributed by atoms with Gasteiger partial charge in [-0.2, -0.15) is 0 Å². The van der Waals surface area contributed by atoms with Crippen molar-refractivity contribution in [2.75, 3.05) is 7.11 Å². The molecule has 0 N–H and O–H groups in total. The van der Waals surface area contributed by atoms with Crippen LogP contribution in [0.4, 0.5) is 4.39 Å². The summed E-state index contributed by atoms with van der Waals surface area (Å²) in [5, 5.41) is 0.215. The molecule has 0 amide bonds. The number of esters is 1. The maximum absolute atomic E-state index is 13.8. The molecular weight excluding hydrogens is 395 g/mol. The third kappa shape index (κ3) is 4.89. The fourth-order valence-corrected chi connectivity index (χ4v) is 2.81. The van der Waals surface area contributed by atoms with Gasteiger partial charge in [-0.05, 0) is 60.7 Å². The smallest absolute Gasteiger partial charge is 0.347 e. The Morgan fingerprint density at radius 2 is 1.69 bits per heavy atom. The van der Waals surface area contributed by atoms with Gasteiger partial charge < -0.3 is 9.47 Å². The molecule has 0 aliphatic carbocycles. The van der Waals surface area contributed by atoms with Crippen LogP contribution in [0.1, 0.15) is 26.3 Å². The number of ketones is 1. The highest BCUT2D eigenvalue weighted by atomic mass is 35.5. The van der Waals surface area contributed by atoms with Crippen molar-refractivity contribution < 1.29 is 23.5 Å². The summed E-state index contributed by atoms with van der Waals surface area (Å²) in [5.74, 6) is -0.748. The molecule has 0 aliphatic rings. The van der Waals surface area contributed by atoms with Crippen molar-refractivity contribution in [3.63, 3.8) is 0 Å². The molecule has 0 unspecified atom stereocenters. The fraction of sp³-hybridized carbons (Fsp3) is 0.0435. The summed E-state index contributed by atoms with van der Waals surface area (Å²) in [6.07, 6.45) is 2.57. The monoisotopic (exact) mass is 410 g/mol. The number of para-hydroxylation sites is 1. The van der Waals surface area contributed by atoms with Crippen molar-refractivity contribution in [2.24, 2.45) is 0 Å². The zero-order valence-electron chi connectivity index (χ0n) is 15.4. The summed E-state index contributed by atoms with van der Waals surface area (Å²) in [6.45, 7) is 0. The second kappa shape index (κ2) is 9.17. The second-order valence-electron chi connectivity index (χ2n) is 5.95. The molecule has 0 spiro atoms. The molecular formula is C23H16ClFO4. The quantitative estimate of drug-likeness (QED) is 0.229. The van der Waals surface area contributed by atoms with Crippen LogP contribution in [0.2, 0.25) is 5.02 Å². The third-order valence-electron chi connectivity index (χ3n) is 4.08. The summed E-state index contributed by atoms with van der Waals surface area (Å²) < 4.78 is 24.2. The van der Waals surface area contributed by atoms with Crippen LogP contribution in [0.15, 0.2) is 72.8 Å². The van der Waals surface area contributed by atoms with Crippen LogP contribution in [0.25, 0.3) is 6.08 Å². The van der Waals surface area contributed by atoms with E-state index in [9.17, 15) is 14.0 Å². The topological polar surface area (TPSA) is 52.6 Å². The Balaban J connectivity index is 1.70. The van der Waals surface area contributed by atoms with Crippen LogP contribution in [-0.4, -0.2) is 18.9 Å². The zero-order valence-corrected chi connectivity index (χ0v) is 16.2. The van der Waals surface area contributed by atoms with E-state index in [2.05, 4.69) is 0 Å². The lowest BCUT2D eigenvalue weighted by molar-refractivity contribution is 0.0731. The van der Waals surface area contributed by atoms with E-state index in [1.807, 2.05) is 0 Å². The highest BCUT2D eigenvalue weighted by Gasteiger charge is 2.14. The minimum atomic E-state index is -0.574. The van der Waals surface area contributed by atoms with E-state index in [-0.39, 0.29) is 22.1 Å². The molecule has 0 bridgehead atoms. The third-order valence-corrected chi connectivity index (χ3v) is 4.41. The first kappa shape index (κ1) is 20.3. The average Bonchev–Trinajstić information content (AvgIpc) is 2.73. The van der Waals surface area contributed by atoms with E-state index in [0.29, 0.717) is 16.9 Å². The van der Waals surface area contributed by atoms with E-state index in [0.717, 1.165) is 0 Å². The molecule has 3 aromatic carbocycles. The lowest BCUT2D eigenvalue weighted by atomic mass is 10.1. The minimum Gasteiger partial charge on any atom is -0.496 e. The molecule has 0 aromatic heterocycles. The van der Waals surface area contributed by atoms with Gasteiger partial charge in [0.15, 0.2) is 5.78 Å². The average molecular weight is 411 g/mol. The Morgan fingerprint density at radius 1 is 0.966 bits per heavy atom. The Kier molecular flexibility index (Phi) is 6.42. The van der Waals surface area contributed by atoms with E-state index in [1.165, 1.54) is 55.7 Å². The fourth-order valence-electron chi connectivity index (χ4n) is 2.59. The second-order valence-corrected chi connectivity index (χ2v) is 6.35. The van der Waals surface area contributed by atoms with E-state index >= 15 is 0 Å². The normalized spacial score (nSPS) is 10.7. The molecule has 146 valence electrons. The van der Waals surface area contributed by atoms with Gasteiger partial charge in [-0.15, -0.1) is 0 Å². The van der Waals surface area contributed by atoms with Gasteiger partial charge in [-0.1, -0.05) is 29.8 Å². The molecule has 0 radical (unpaired) electrons. The van der Waals surface area contributed by atoms with Crippen LogP contribution in [0.3, 0.4) is 0 Å². The number of carbonyl (C=O) groups is 2. The van der Waals surface area contributed by atoms with Gasteiger partial charge in [0.2, 0.25) is 0 Å². The summed E-state index contributed by atoms with van der Waals surface area (Å²) in [7, 11) is 1.47. The number of allylic oxidation sites excluding steroid dienone is 1. The van der Waals surface area contributed by atoms with Crippen molar-refractivity contribution in [1.82, 2.24) is 0 Å². The van der Waals surface area contributed by atoms with Crippen LogP contribution in [-0.2, 0) is 0 Å². The van der Waals surface area contributed by atoms with Crippen molar-refractivity contribution in [3.8, 4) is 11.5 Å². The molecule has 0 saturated carbocycles. The van der Waals surface area contributed by atoms with Crippen LogP contribution >= 0.6 is 11.6 Å². The highest BCUT2D eigenvalue weighted by Crippen LogP contribution is 2.22. The van der Waals surface area contributed by atoms with Crippen molar-refractivity contribution in [3.05, 3.63) is 100 Å². The number of benzene rings is 3. The van der Waals surface area contributed by atoms with E-state index in [1.54, 1.807) is 30.3 Å². The summed E-state index contributed by atoms with van der Waals surface area (Å²) in [6, 6.07) is 17.0. The Labute approximate surface area is 172 Å². The Morgan fingerprint density at radius 3 is 2.38 bits per heavy atom. The van der Waals surface area contributed by atoms with Gasteiger partial charge in [-0.25, -0.2) is 9.18 Å². The van der Waals surface area contributed by atoms with Gasteiger partial charge in [0.25, 0.3) is 0 Å². The lowest BCUT2D eigenvalue weighted by Crippen LogP contribution is -2.10. The van der Waals surface area contributed by atoms with Crippen molar-refractivity contribution >= 4 is 29.4 Å². The number of hydrogen-bond donors (Lipinski definition) is 0. The summed E-state index contributed by atoms with van der Waals surface area (Å²) in [5.41, 5.74) is 0.788. The van der Waals surface area contributed by atoms with Gasteiger partial charge >= 0.3 is 5.97 Å². The maximum atomic E-state index is 13.8. The SMILES string of the molecule is COc1ccccc1C(=O)Oc1ccc(C(=O)C=Cc2c(F)cccc2Cl)cc1. The van der Waals surface area contributed by atoms with Gasteiger partial charge in [0.1, 0.15) is 22.9 Å². The number of ether oxygens (including phenoxy) is 2. The van der Waals surface area contributed by atoms with Crippen LogP contribution < -0.4 is 9.47 Å². The Hall–Kier alpha value is -3.44. The molecule has 0 saturated heterocycles. The van der Waals surface area contributed by atoms with Crippen molar-refractivity contribution in [1.29, 1.82) is 0 Å². The number of rotatable bonds is 6. The summed E-state index contributed by atoms with van der Waals surface area (Å²) >= 11 is 5.94. The predicted molar refractivity (Wildman–Crippen MR) is 109 cm³/mol. The van der Waals surface area contributed by atoms with Gasteiger partial charge in [0, 0.05) is 11.1 Å². The molecule has 0 atom stereocenters. The largest absolute Gasteiger partial charge is 0.496 e. The first-order chi connectivity index (χ1) is 14.0. The molecule has 0 fully saturated rings. The maximum Gasteiger partial charge on any atom is 0.347 e.